The first-order chi connectivity index (χ1) is 9.18. The first-order valence-corrected chi connectivity index (χ1v) is 7.77. The van der Waals surface area contributed by atoms with Crippen molar-refractivity contribution in [2.45, 2.75) is 52.5 Å². The number of H-pyrrole nitrogens is 1. The van der Waals surface area contributed by atoms with Gasteiger partial charge in [-0.05, 0) is 36.7 Å². The number of imidazole rings is 1. The first kappa shape index (κ1) is 14.3. The van der Waals surface area contributed by atoms with Crippen molar-refractivity contribution in [3.63, 3.8) is 0 Å². The number of rotatable bonds is 7. The number of fused-ring (bicyclic) bond motifs is 1. The third-order valence-corrected chi connectivity index (χ3v) is 3.92. The first-order valence-electron chi connectivity index (χ1n) is 7.36. The molecule has 2 rings (SSSR count). The molecule has 0 radical (unpaired) electrons. The maximum absolute atomic E-state index is 5.40. The number of benzene rings is 1. The molecule has 0 bridgehead atoms. The summed E-state index contributed by atoms with van der Waals surface area (Å²) in [6.07, 6.45) is 6.57. The number of nitrogens with zero attached hydrogens (tertiary/aromatic N) is 1. The fraction of sp³-hybridized carbons (Fsp3) is 0.562. The SMILES string of the molecule is CC(C)CCCCCCn1c(=S)[nH]c2ccccc21. The van der Waals surface area contributed by atoms with Gasteiger partial charge in [0.1, 0.15) is 0 Å². The molecule has 1 aromatic heterocycles. The standard InChI is InChI=1S/C16H24N2S/c1-13(2)9-5-3-4-8-12-18-15-11-7-6-10-14(15)17-16(18)19/h6-7,10-11,13H,3-5,8-9,12H2,1-2H3,(H,17,19). The minimum Gasteiger partial charge on any atom is -0.331 e. The van der Waals surface area contributed by atoms with E-state index in [1.165, 1.54) is 37.6 Å². The largest absolute Gasteiger partial charge is 0.331 e. The second-order valence-corrected chi connectivity index (χ2v) is 6.08. The van der Waals surface area contributed by atoms with Gasteiger partial charge in [0.2, 0.25) is 0 Å². The Morgan fingerprint density at radius 1 is 1.11 bits per heavy atom. The molecule has 1 N–H and O–H groups in total. The van der Waals surface area contributed by atoms with E-state index < -0.39 is 0 Å². The minimum atomic E-state index is 0.835. The maximum atomic E-state index is 5.40. The summed E-state index contributed by atoms with van der Waals surface area (Å²) in [4.78, 5) is 3.27. The lowest BCUT2D eigenvalue weighted by Gasteiger charge is -2.06. The van der Waals surface area contributed by atoms with Crippen molar-refractivity contribution in [3.8, 4) is 0 Å². The number of unbranched alkanes of at least 4 members (excludes halogenated alkanes) is 3. The quantitative estimate of drug-likeness (QED) is 0.537. The fourth-order valence-corrected chi connectivity index (χ4v) is 2.80. The van der Waals surface area contributed by atoms with E-state index in [2.05, 4.69) is 41.6 Å². The van der Waals surface area contributed by atoms with Crippen molar-refractivity contribution in [1.29, 1.82) is 0 Å². The summed E-state index contributed by atoms with van der Waals surface area (Å²) in [5.41, 5.74) is 2.38. The average Bonchev–Trinajstić information content (AvgIpc) is 2.69. The third-order valence-electron chi connectivity index (χ3n) is 3.59. The van der Waals surface area contributed by atoms with Crippen LogP contribution in [0.15, 0.2) is 24.3 Å². The van der Waals surface area contributed by atoms with Gasteiger partial charge in [-0.15, -0.1) is 0 Å². The second kappa shape index (κ2) is 6.90. The Morgan fingerprint density at radius 2 is 1.84 bits per heavy atom. The van der Waals surface area contributed by atoms with Crippen LogP contribution < -0.4 is 0 Å². The van der Waals surface area contributed by atoms with Gasteiger partial charge >= 0.3 is 0 Å². The summed E-state index contributed by atoms with van der Waals surface area (Å²) in [5, 5.41) is 0. The van der Waals surface area contributed by atoms with Crippen LogP contribution in [0.1, 0.15) is 46.0 Å². The van der Waals surface area contributed by atoms with Gasteiger partial charge in [0.25, 0.3) is 0 Å². The monoisotopic (exact) mass is 276 g/mol. The van der Waals surface area contributed by atoms with Crippen molar-refractivity contribution in [2.24, 2.45) is 5.92 Å². The van der Waals surface area contributed by atoms with Gasteiger partial charge in [-0.25, -0.2) is 0 Å². The van der Waals surface area contributed by atoms with Gasteiger partial charge in [0.15, 0.2) is 4.77 Å². The van der Waals surface area contributed by atoms with Crippen LogP contribution in [-0.2, 0) is 6.54 Å². The predicted octanol–water partition coefficient (Wildman–Crippen LogP) is 5.31. The molecule has 0 saturated carbocycles. The number of aromatic nitrogens is 2. The lowest BCUT2D eigenvalue weighted by molar-refractivity contribution is 0.507. The summed E-state index contributed by atoms with van der Waals surface area (Å²) in [6.45, 7) is 5.63. The number of hydrogen-bond donors (Lipinski definition) is 1. The predicted molar refractivity (Wildman–Crippen MR) is 85.0 cm³/mol. The van der Waals surface area contributed by atoms with Crippen molar-refractivity contribution < 1.29 is 0 Å². The smallest absolute Gasteiger partial charge is 0.178 e. The van der Waals surface area contributed by atoms with E-state index in [4.69, 9.17) is 12.2 Å². The molecule has 0 aliphatic carbocycles. The van der Waals surface area contributed by atoms with Crippen LogP contribution in [0, 0.1) is 10.7 Å². The Balaban J connectivity index is 1.85. The Hall–Kier alpha value is -1.09. The zero-order valence-electron chi connectivity index (χ0n) is 12.0. The van der Waals surface area contributed by atoms with Crippen LogP contribution in [0.5, 0.6) is 0 Å². The van der Waals surface area contributed by atoms with Gasteiger partial charge in [-0.1, -0.05) is 51.7 Å². The number of aromatic amines is 1. The molecule has 104 valence electrons. The summed E-state index contributed by atoms with van der Waals surface area (Å²) in [7, 11) is 0. The molecule has 2 nitrogen and oxygen atoms in total. The van der Waals surface area contributed by atoms with Crippen molar-refractivity contribution in [1.82, 2.24) is 9.55 Å². The molecular weight excluding hydrogens is 252 g/mol. The molecule has 2 aromatic rings. The number of nitrogens with one attached hydrogen (secondary N) is 1. The lowest BCUT2D eigenvalue weighted by Crippen LogP contribution is -1.98. The Bertz CT molecular complexity index is 565. The van der Waals surface area contributed by atoms with Crippen LogP contribution >= 0.6 is 12.2 Å². The molecule has 0 unspecified atom stereocenters. The normalized spacial score (nSPS) is 11.5. The number of hydrogen-bond acceptors (Lipinski definition) is 1. The molecule has 19 heavy (non-hydrogen) atoms. The van der Waals surface area contributed by atoms with Gasteiger partial charge in [-0.2, -0.15) is 0 Å². The van der Waals surface area contributed by atoms with E-state index in [0.717, 1.165) is 22.8 Å². The second-order valence-electron chi connectivity index (χ2n) is 5.70. The van der Waals surface area contributed by atoms with E-state index in [1.807, 2.05) is 6.07 Å². The van der Waals surface area contributed by atoms with Gasteiger partial charge in [-0.3, -0.25) is 0 Å². The van der Waals surface area contributed by atoms with Crippen LogP contribution in [0.3, 0.4) is 0 Å². The van der Waals surface area contributed by atoms with E-state index in [0.29, 0.717) is 0 Å². The Kier molecular flexibility index (Phi) is 5.20. The van der Waals surface area contributed by atoms with Crippen LogP contribution in [0.25, 0.3) is 11.0 Å². The van der Waals surface area contributed by atoms with E-state index in [9.17, 15) is 0 Å². The molecular formula is C16H24N2S. The fourth-order valence-electron chi connectivity index (χ4n) is 2.50. The van der Waals surface area contributed by atoms with E-state index in [1.54, 1.807) is 0 Å². The molecule has 0 aliphatic rings. The highest BCUT2D eigenvalue weighted by atomic mass is 32.1. The topological polar surface area (TPSA) is 20.7 Å². The van der Waals surface area contributed by atoms with Crippen LogP contribution in [0.2, 0.25) is 0 Å². The van der Waals surface area contributed by atoms with Gasteiger partial charge in [0, 0.05) is 6.54 Å². The molecule has 0 amide bonds. The highest BCUT2D eigenvalue weighted by Crippen LogP contribution is 2.15. The summed E-state index contributed by atoms with van der Waals surface area (Å²) in [6, 6.07) is 8.35. The zero-order valence-corrected chi connectivity index (χ0v) is 12.8. The molecule has 3 heteroatoms. The molecule has 1 heterocycles. The van der Waals surface area contributed by atoms with Gasteiger partial charge in [0.05, 0.1) is 11.0 Å². The number of para-hydroxylation sites is 2. The molecule has 0 aliphatic heterocycles. The molecule has 0 atom stereocenters. The van der Waals surface area contributed by atoms with Crippen LogP contribution in [0.4, 0.5) is 0 Å². The molecule has 0 fully saturated rings. The van der Waals surface area contributed by atoms with Crippen molar-refractivity contribution in [3.05, 3.63) is 29.0 Å². The highest BCUT2D eigenvalue weighted by molar-refractivity contribution is 7.71. The maximum Gasteiger partial charge on any atom is 0.178 e. The van der Waals surface area contributed by atoms with E-state index >= 15 is 0 Å². The summed E-state index contributed by atoms with van der Waals surface area (Å²) >= 11 is 5.40. The summed E-state index contributed by atoms with van der Waals surface area (Å²) < 4.78 is 3.08. The molecule has 0 spiro atoms. The van der Waals surface area contributed by atoms with Crippen LogP contribution in [-0.4, -0.2) is 9.55 Å². The molecule has 0 saturated heterocycles. The minimum absolute atomic E-state index is 0.835. The Labute approximate surface area is 120 Å². The zero-order chi connectivity index (χ0) is 13.7. The lowest BCUT2D eigenvalue weighted by atomic mass is 10.0. The van der Waals surface area contributed by atoms with Crippen molar-refractivity contribution in [2.75, 3.05) is 0 Å². The summed E-state index contributed by atoms with van der Waals surface area (Å²) in [5.74, 6) is 0.835. The van der Waals surface area contributed by atoms with Gasteiger partial charge < -0.3 is 9.55 Å². The average molecular weight is 276 g/mol. The van der Waals surface area contributed by atoms with Crippen molar-refractivity contribution >= 4 is 23.3 Å². The Morgan fingerprint density at radius 3 is 2.63 bits per heavy atom. The highest BCUT2D eigenvalue weighted by Gasteiger charge is 2.02. The molecule has 1 aromatic carbocycles. The van der Waals surface area contributed by atoms with E-state index in [-0.39, 0.29) is 0 Å². The third kappa shape index (κ3) is 3.93. The number of aryl methyl sites for hydroxylation is 1.